The first-order valence-electron chi connectivity index (χ1n) is 17.2. The minimum Gasteiger partial charge on any atom is -0.127 e. The Hall–Kier alpha value is 0.0300. The number of rotatable bonds is 8. The van der Waals surface area contributed by atoms with Crippen molar-refractivity contribution in [1.29, 1.82) is 0 Å². The summed E-state index contributed by atoms with van der Waals surface area (Å²) in [7, 11) is 0. The van der Waals surface area contributed by atoms with Crippen molar-refractivity contribution in [3.8, 4) is 0 Å². The zero-order valence-electron chi connectivity index (χ0n) is 27.7. The molecular formula is C38H73Cl. The molecule has 0 aromatic carbocycles. The summed E-state index contributed by atoms with van der Waals surface area (Å²) in [6.07, 6.45) is 18.9. The Morgan fingerprint density at radius 2 is 1.49 bits per heavy atom. The molecule has 4 rings (SSSR count). The molecule has 1 heteroatoms. The molecule has 0 radical (unpaired) electrons. The normalized spacial score (nSPS) is 39.4. The van der Waals surface area contributed by atoms with E-state index >= 15 is 0 Å². The van der Waals surface area contributed by atoms with E-state index in [9.17, 15) is 0 Å². The Morgan fingerprint density at radius 1 is 0.897 bits per heavy atom. The van der Waals surface area contributed by atoms with Gasteiger partial charge in [0.1, 0.15) is 0 Å². The van der Waals surface area contributed by atoms with E-state index in [0.717, 1.165) is 59.1 Å². The predicted molar refractivity (Wildman–Crippen MR) is 180 cm³/mol. The molecule has 0 heterocycles. The predicted octanol–water partition coefficient (Wildman–Crippen LogP) is 13.2. The number of allylic oxidation sites excluding steroid dienone is 1. The van der Waals surface area contributed by atoms with Crippen LogP contribution in [0.4, 0.5) is 0 Å². The molecule has 232 valence electrons. The number of hydrogen-bond donors (Lipinski definition) is 0. The fourth-order valence-electron chi connectivity index (χ4n) is 10.6. The Morgan fingerprint density at radius 3 is 2.08 bits per heavy atom. The van der Waals surface area contributed by atoms with Crippen LogP contribution >= 0.6 is 11.6 Å². The van der Waals surface area contributed by atoms with Gasteiger partial charge in [-0.2, -0.15) is 0 Å². The summed E-state index contributed by atoms with van der Waals surface area (Å²) in [5, 5.41) is 0. The van der Waals surface area contributed by atoms with Crippen LogP contribution in [0.25, 0.3) is 0 Å². The summed E-state index contributed by atoms with van der Waals surface area (Å²) in [5.41, 5.74) is 2.75. The lowest BCUT2D eigenvalue weighted by Gasteiger charge is -2.64. The molecule has 0 saturated heterocycles. The highest BCUT2D eigenvalue weighted by atomic mass is 35.5. The van der Waals surface area contributed by atoms with Crippen LogP contribution < -0.4 is 0 Å². The average Bonchev–Trinajstić information content (AvgIpc) is 3.22. The molecule has 0 aromatic rings. The second-order valence-electron chi connectivity index (χ2n) is 15.0. The van der Waals surface area contributed by atoms with E-state index in [1.807, 2.05) is 20.8 Å². The topological polar surface area (TPSA) is 0 Å². The smallest absolute Gasteiger partial charge is 0.0195 e. The van der Waals surface area contributed by atoms with E-state index in [-0.39, 0.29) is 7.43 Å². The van der Waals surface area contributed by atoms with Gasteiger partial charge in [-0.15, -0.1) is 11.6 Å². The van der Waals surface area contributed by atoms with E-state index < -0.39 is 0 Å². The van der Waals surface area contributed by atoms with Crippen molar-refractivity contribution in [2.45, 2.75) is 160 Å². The van der Waals surface area contributed by atoms with Crippen LogP contribution in [0.3, 0.4) is 0 Å². The molecule has 4 aliphatic carbocycles. The number of hydrogen-bond acceptors (Lipinski definition) is 0. The van der Waals surface area contributed by atoms with Gasteiger partial charge >= 0.3 is 0 Å². The maximum absolute atomic E-state index is 5.00. The molecule has 0 nitrogen and oxygen atoms in total. The standard InChI is InChI=1S/C33H58.C2H5Cl.C2H6.CH4/c1-9-10-23(4)11-12-25(6)28-13-14-29-31-26(19-22(2)3)21-27-20-24(5)15-17-32(27,7)30(31)16-18-33(28,29)8;1-2-3;1-2;/h22,24-31H,4,9-21H2,1-3,5-8H3;2H2,1H3;1-2H3;1H4. The molecule has 0 spiro atoms. The van der Waals surface area contributed by atoms with E-state index in [1.165, 1.54) is 76.2 Å². The summed E-state index contributed by atoms with van der Waals surface area (Å²) >= 11 is 5.00. The average molecular weight is 565 g/mol. The SMILES string of the molecule is C.C=C(CCC)CCC(C)C1CCC2C3C(CC(C)C)CC4CC(C)CCC4(C)C3CCC12C.CC.CCCl. The molecule has 4 saturated carbocycles. The van der Waals surface area contributed by atoms with Crippen molar-refractivity contribution in [3.63, 3.8) is 0 Å². The van der Waals surface area contributed by atoms with Gasteiger partial charge in [-0.05, 0) is 135 Å². The fraction of sp³-hybridized carbons (Fsp3) is 0.947. The highest BCUT2D eigenvalue weighted by Crippen LogP contribution is 2.70. The second kappa shape index (κ2) is 16.6. The third-order valence-electron chi connectivity index (χ3n) is 12.2. The van der Waals surface area contributed by atoms with Crippen LogP contribution in [0.15, 0.2) is 12.2 Å². The van der Waals surface area contributed by atoms with Crippen molar-refractivity contribution in [2.24, 2.45) is 64.1 Å². The van der Waals surface area contributed by atoms with Crippen LogP contribution in [0, 0.1) is 64.1 Å². The van der Waals surface area contributed by atoms with Crippen LogP contribution in [0.1, 0.15) is 160 Å². The molecule has 4 fully saturated rings. The first-order valence-corrected chi connectivity index (χ1v) is 17.8. The lowest BCUT2D eigenvalue weighted by Crippen LogP contribution is -2.56. The molecule has 0 amide bonds. The Labute approximate surface area is 253 Å². The quantitative estimate of drug-likeness (QED) is 0.203. The van der Waals surface area contributed by atoms with Gasteiger partial charge in [0.25, 0.3) is 0 Å². The van der Waals surface area contributed by atoms with E-state index in [0.29, 0.717) is 10.8 Å². The van der Waals surface area contributed by atoms with Gasteiger partial charge in [0.2, 0.25) is 0 Å². The van der Waals surface area contributed by atoms with E-state index in [4.69, 9.17) is 11.6 Å². The van der Waals surface area contributed by atoms with Crippen LogP contribution in [-0.4, -0.2) is 5.88 Å². The van der Waals surface area contributed by atoms with Crippen LogP contribution in [0.2, 0.25) is 0 Å². The maximum Gasteiger partial charge on any atom is 0.0195 e. The first-order chi connectivity index (χ1) is 18.0. The van der Waals surface area contributed by atoms with Gasteiger partial charge in [-0.25, -0.2) is 0 Å². The van der Waals surface area contributed by atoms with E-state index in [2.05, 4.69) is 55.0 Å². The number of fused-ring (bicyclic) bond motifs is 5. The third kappa shape index (κ3) is 8.32. The Bertz CT molecular complexity index is 695. The number of halogens is 1. The lowest BCUT2D eigenvalue weighted by molar-refractivity contribution is -0.149. The zero-order valence-corrected chi connectivity index (χ0v) is 28.4. The second-order valence-corrected chi connectivity index (χ2v) is 15.5. The minimum atomic E-state index is 0. The van der Waals surface area contributed by atoms with Gasteiger partial charge in [-0.1, -0.05) is 102 Å². The molecule has 39 heavy (non-hydrogen) atoms. The molecule has 0 aliphatic heterocycles. The zero-order chi connectivity index (χ0) is 28.7. The van der Waals surface area contributed by atoms with Crippen LogP contribution in [0.5, 0.6) is 0 Å². The van der Waals surface area contributed by atoms with Crippen LogP contribution in [-0.2, 0) is 0 Å². The van der Waals surface area contributed by atoms with Gasteiger partial charge in [0, 0.05) is 5.88 Å². The molecular weight excluding hydrogens is 492 g/mol. The molecule has 10 atom stereocenters. The van der Waals surface area contributed by atoms with Crippen molar-refractivity contribution in [1.82, 2.24) is 0 Å². The molecule has 10 unspecified atom stereocenters. The summed E-state index contributed by atoms with van der Waals surface area (Å²) in [6.45, 7) is 28.3. The van der Waals surface area contributed by atoms with Crippen molar-refractivity contribution >= 4 is 11.6 Å². The molecule has 4 aliphatic rings. The van der Waals surface area contributed by atoms with Gasteiger partial charge in [0.05, 0.1) is 0 Å². The largest absolute Gasteiger partial charge is 0.127 e. The third-order valence-corrected chi connectivity index (χ3v) is 12.2. The summed E-state index contributed by atoms with van der Waals surface area (Å²) in [6, 6.07) is 0. The lowest BCUT2D eigenvalue weighted by atomic mass is 9.41. The Balaban J connectivity index is 0.00000119. The van der Waals surface area contributed by atoms with E-state index in [1.54, 1.807) is 12.8 Å². The summed E-state index contributed by atoms with van der Waals surface area (Å²) in [4.78, 5) is 0. The molecule has 0 N–H and O–H groups in total. The monoisotopic (exact) mass is 565 g/mol. The van der Waals surface area contributed by atoms with Crippen molar-refractivity contribution in [3.05, 3.63) is 12.2 Å². The van der Waals surface area contributed by atoms with Crippen molar-refractivity contribution in [2.75, 3.05) is 5.88 Å². The fourth-order valence-corrected chi connectivity index (χ4v) is 10.6. The Kier molecular flexibility index (Phi) is 15.8. The highest BCUT2D eigenvalue weighted by molar-refractivity contribution is 6.17. The molecule has 0 bridgehead atoms. The highest BCUT2D eigenvalue weighted by Gasteiger charge is 2.62. The number of alkyl halides is 1. The minimum absolute atomic E-state index is 0. The van der Waals surface area contributed by atoms with Gasteiger partial charge in [-0.3, -0.25) is 0 Å². The van der Waals surface area contributed by atoms with Crippen molar-refractivity contribution < 1.29 is 0 Å². The van der Waals surface area contributed by atoms with Gasteiger partial charge < -0.3 is 0 Å². The van der Waals surface area contributed by atoms with Gasteiger partial charge in [0.15, 0.2) is 0 Å². The summed E-state index contributed by atoms with van der Waals surface area (Å²) in [5.74, 6) is 9.42. The first kappa shape index (κ1) is 37.1. The maximum atomic E-state index is 5.00. The molecule has 0 aromatic heterocycles. The summed E-state index contributed by atoms with van der Waals surface area (Å²) < 4.78 is 0.